The Morgan fingerprint density at radius 2 is 2.38 bits per heavy atom. The van der Waals surface area contributed by atoms with Crippen LogP contribution in [-0.2, 0) is 6.54 Å². The van der Waals surface area contributed by atoms with Gasteiger partial charge in [-0.1, -0.05) is 0 Å². The van der Waals surface area contributed by atoms with E-state index in [9.17, 15) is 4.79 Å². The quantitative estimate of drug-likeness (QED) is 0.640. The number of hydrogen-bond acceptors (Lipinski definition) is 3. The minimum Gasteiger partial charge on any atom is -0.475 e. The van der Waals surface area contributed by atoms with Gasteiger partial charge in [0.15, 0.2) is 0 Å². The fraction of sp³-hybridized carbons (Fsp3) is 0.125. The largest absolute Gasteiger partial charge is 0.475 e. The highest BCUT2D eigenvalue weighted by Crippen LogP contribution is 2.19. The molecule has 5 nitrogen and oxygen atoms in total. The predicted molar refractivity (Wildman–Crippen MR) is 45.4 cm³/mol. The lowest BCUT2D eigenvalue weighted by atomic mass is 10.3. The van der Waals surface area contributed by atoms with Gasteiger partial charge in [-0.25, -0.2) is 4.79 Å². The number of aromatic nitrogens is 1. The second kappa shape index (κ2) is 2.63. The third-order valence-electron chi connectivity index (χ3n) is 1.80. The smallest absolute Gasteiger partial charge is 0.371 e. The molecular weight excluding hydrogens is 172 g/mol. The molecule has 2 aromatic rings. The molecule has 0 bridgehead atoms. The van der Waals surface area contributed by atoms with Crippen molar-refractivity contribution < 1.29 is 14.3 Å². The van der Waals surface area contributed by atoms with Crippen LogP contribution in [0.4, 0.5) is 0 Å². The number of fused-ring (bicyclic) bond motifs is 1. The summed E-state index contributed by atoms with van der Waals surface area (Å²) >= 11 is 0. The molecule has 68 valence electrons. The standard InChI is InChI=1S/C8H8N2O3/c9-3-5-1-4-2-6(8(11)12)13-7(4)10-5/h1-2,10H,3,9H2,(H,11,12). The summed E-state index contributed by atoms with van der Waals surface area (Å²) in [6, 6.07) is 3.23. The molecule has 13 heavy (non-hydrogen) atoms. The number of aromatic carboxylic acids is 1. The lowest BCUT2D eigenvalue weighted by Crippen LogP contribution is -1.95. The van der Waals surface area contributed by atoms with E-state index in [0.29, 0.717) is 12.3 Å². The number of H-pyrrole nitrogens is 1. The minimum atomic E-state index is -1.07. The first-order valence-electron chi connectivity index (χ1n) is 3.75. The van der Waals surface area contributed by atoms with Gasteiger partial charge in [-0.3, -0.25) is 0 Å². The van der Waals surface area contributed by atoms with Crippen LogP contribution in [0.15, 0.2) is 16.5 Å². The molecule has 0 saturated carbocycles. The van der Waals surface area contributed by atoms with Crippen molar-refractivity contribution in [3.63, 3.8) is 0 Å². The highest BCUT2D eigenvalue weighted by molar-refractivity contribution is 5.90. The molecule has 0 unspecified atom stereocenters. The summed E-state index contributed by atoms with van der Waals surface area (Å²) in [5.41, 5.74) is 6.66. The first kappa shape index (κ1) is 7.88. The third kappa shape index (κ3) is 1.19. The summed E-state index contributed by atoms with van der Waals surface area (Å²) in [6.45, 7) is 0.382. The number of carboxylic acids is 1. The molecular formula is C8H8N2O3. The molecule has 2 rings (SSSR count). The molecule has 0 spiro atoms. The number of rotatable bonds is 2. The Hall–Kier alpha value is -1.75. The van der Waals surface area contributed by atoms with Gasteiger partial charge in [0.2, 0.25) is 11.5 Å². The summed E-state index contributed by atoms with van der Waals surface area (Å²) in [5.74, 6) is -1.14. The van der Waals surface area contributed by atoms with Gasteiger partial charge in [0.1, 0.15) is 0 Å². The van der Waals surface area contributed by atoms with Crippen molar-refractivity contribution in [3.05, 3.63) is 23.6 Å². The van der Waals surface area contributed by atoms with Crippen molar-refractivity contribution in [2.24, 2.45) is 5.73 Å². The molecule has 0 aromatic carbocycles. The van der Waals surface area contributed by atoms with Crippen molar-refractivity contribution in [2.45, 2.75) is 6.54 Å². The van der Waals surface area contributed by atoms with E-state index in [1.54, 1.807) is 6.07 Å². The molecule has 0 saturated heterocycles. The summed E-state index contributed by atoms with van der Waals surface area (Å²) in [4.78, 5) is 13.4. The lowest BCUT2D eigenvalue weighted by molar-refractivity contribution is 0.0664. The summed E-state index contributed by atoms with van der Waals surface area (Å²) in [7, 11) is 0. The fourth-order valence-corrected chi connectivity index (χ4v) is 1.19. The highest BCUT2D eigenvalue weighted by atomic mass is 16.4. The van der Waals surface area contributed by atoms with Crippen molar-refractivity contribution in [1.29, 1.82) is 0 Å². The maximum atomic E-state index is 10.5. The van der Waals surface area contributed by atoms with Gasteiger partial charge in [0.05, 0.1) is 0 Å². The van der Waals surface area contributed by atoms with Crippen LogP contribution in [0, 0.1) is 0 Å². The molecule has 0 amide bonds. The van der Waals surface area contributed by atoms with E-state index in [-0.39, 0.29) is 5.76 Å². The maximum Gasteiger partial charge on any atom is 0.371 e. The molecule has 0 atom stereocenters. The summed E-state index contributed by atoms with van der Waals surface area (Å²) < 4.78 is 5.00. The van der Waals surface area contributed by atoms with E-state index in [1.165, 1.54) is 6.07 Å². The van der Waals surface area contributed by atoms with E-state index in [4.69, 9.17) is 15.3 Å². The Morgan fingerprint density at radius 3 is 2.92 bits per heavy atom. The zero-order valence-corrected chi connectivity index (χ0v) is 6.70. The molecule has 0 fully saturated rings. The van der Waals surface area contributed by atoms with Crippen LogP contribution in [-0.4, -0.2) is 16.1 Å². The molecule has 2 heterocycles. The van der Waals surface area contributed by atoms with Crippen LogP contribution in [0.2, 0.25) is 0 Å². The second-order valence-corrected chi connectivity index (χ2v) is 2.70. The highest BCUT2D eigenvalue weighted by Gasteiger charge is 2.11. The van der Waals surface area contributed by atoms with Crippen LogP contribution in [0.25, 0.3) is 11.1 Å². The average molecular weight is 180 g/mol. The van der Waals surface area contributed by atoms with E-state index in [1.807, 2.05) is 0 Å². The molecule has 0 aliphatic rings. The molecule has 0 aliphatic heterocycles. The van der Waals surface area contributed by atoms with Gasteiger partial charge >= 0.3 is 5.97 Å². The Balaban J connectivity index is 2.54. The number of carbonyl (C=O) groups is 1. The Labute approximate surface area is 73.1 Å². The van der Waals surface area contributed by atoms with Gasteiger partial charge < -0.3 is 20.2 Å². The average Bonchev–Trinajstić information content (AvgIpc) is 2.58. The van der Waals surface area contributed by atoms with Gasteiger partial charge in [0, 0.05) is 23.7 Å². The molecule has 5 heteroatoms. The fourth-order valence-electron chi connectivity index (χ4n) is 1.19. The van der Waals surface area contributed by atoms with Crippen LogP contribution in [0.3, 0.4) is 0 Å². The number of aromatic amines is 1. The first-order chi connectivity index (χ1) is 6.20. The normalized spacial score (nSPS) is 10.8. The summed E-state index contributed by atoms with van der Waals surface area (Å²) in [5, 5.41) is 9.33. The first-order valence-corrected chi connectivity index (χ1v) is 3.75. The Kier molecular flexibility index (Phi) is 1.60. The minimum absolute atomic E-state index is 0.0650. The Bertz CT molecular complexity index is 423. The van der Waals surface area contributed by atoms with Crippen LogP contribution in [0.5, 0.6) is 0 Å². The van der Waals surface area contributed by atoms with E-state index in [0.717, 1.165) is 11.1 Å². The van der Waals surface area contributed by atoms with Crippen molar-refractivity contribution in [1.82, 2.24) is 4.98 Å². The summed E-state index contributed by atoms with van der Waals surface area (Å²) in [6.07, 6.45) is 0. The number of nitrogens with two attached hydrogens (primary N) is 1. The van der Waals surface area contributed by atoms with Crippen molar-refractivity contribution >= 4 is 17.1 Å². The molecule has 0 radical (unpaired) electrons. The van der Waals surface area contributed by atoms with E-state index < -0.39 is 5.97 Å². The van der Waals surface area contributed by atoms with Gasteiger partial charge in [0.25, 0.3) is 0 Å². The van der Waals surface area contributed by atoms with Crippen LogP contribution < -0.4 is 5.73 Å². The zero-order valence-electron chi connectivity index (χ0n) is 6.70. The number of carboxylic acid groups (broad SMARTS) is 1. The van der Waals surface area contributed by atoms with Gasteiger partial charge in [-0.15, -0.1) is 0 Å². The third-order valence-corrected chi connectivity index (χ3v) is 1.80. The van der Waals surface area contributed by atoms with E-state index >= 15 is 0 Å². The lowest BCUT2D eigenvalue weighted by Gasteiger charge is -1.86. The van der Waals surface area contributed by atoms with Crippen molar-refractivity contribution in [3.8, 4) is 0 Å². The van der Waals surface area contributed by atoms with Crippen molar-refractivity contribution in [2.75, 3.05) is 0 Å². The van der Waals surface area contributed by atoms with Crippen LogP contribution in [0.1, 0.15) is 16.2 Å². The predicted octanol–water partition coefficient (Wildman–Crippen LogP) is 0.918. The van der Waals surface area contributed by atoms with E-state index in [2.05, 4.69) is 4.98 Å². The van der Waals surface area contributed by atoms with Gasteiger partial charge in [-0.2, -0.15) is 0 Å². The maximum absolute atomic E-state index is 10.5. The number of furan rings is 1. The number of nitrogens with one attached hydrogen (secondary N) is 1. The monoisotopic (exact) mass is 180 g/mol. The molecule has 0 aliphatic carbocycles. The topological polar surface area (TPSA) is 92.2 Å². The van der Waals surface area contributed by atoms with Crippen LogP contribution >= 0.6 is 0 Å². The second-order valence-electron chi connectivity index (χ2n) is 2.70. The Morgan fingerprint density at radius 1 is 1.62 bits per heavy atom. The SMILES string of the molecule is NCc1cc2cc(C(=O)O)oc2[nH]1. The van der Waals surface area contributed by atoms with Gasteiger partial charge in [-0.05, 0) is 6.07 Å². The molecule has 4 N–H and O–H groups in total. The molecule has 2 aromatic heterocycles. The number of hydrogen-bond donors (Lipinski definition) is 3. The zero-order chi connectivity index (χ0) is 9.42.